The molecule has 2 aliphatic rings. The molecule has 2 aromatic carbocycles. The molecular formula is C32H40ClN5O7S. The molecule has 14 heteroatoms. The van der Waals surface area contributed by atoms with E-state index in [0.29, 0.717) is 34.9 Å². The van der Waals surface area contributed by atoms with Gasteiger partial charge in [-0.15, -0.1) is 0 Å². The van der Waals surface area contributed by atoms with Crippen LogP contribution in [0.15, 0.2) is 52.9 Å². The van der Waals surface area contributed by atoms with E-state index in [9.17, 15) is 22.8 Å². The molecule has 2 aliphatic heterocycles. The van der Waals surface area contributed by atoms with Crippen LogP contribution in [0.2, 0.25) is 5.02 Å². The predicted octanol–water partition coefficient (Wildman–Crippen LogP) is 3.05. The quantitative estimate of drug-likeness (QED) is 0.232. The minimum Gasteiger partial charge on any atom is -0.434 e. The van der Waals surface area contributed by atoms with Crippen LogP contribution in [0, 0.1) is 5.92 Å². The molecule has 0 aliphatic carbocycles. The number of piperidine rings is 1. The van der Waals surface area contributed by atoms with Crippen molar-refractivity contribution in [3.05, 3.63) is 65.0 Å². The van der Waals surface area contributed by atoms with E-state index in [1.807, 2.05) is 12.1 Å². The molecule has 0 unspecified atom stereocenters. The fourth-order valence-electron chi connectivity index (χ4n) is 6.01. The fourth-order valence-corrected chi connectivity index (χ4v) is 6.87. The first-order valence-electron chi connectivity index (χ1n) is 15.5. The first kappa shape index (κ1) is 34.0. The Kier molecular flexibility index (Phi) is 11.1. The molecule has 0 radical (unpaired) electrons. The number of carbonyl (C=O) groups is 3. The minimum absolute atomic E-state index is 0.0766. The Morgan fingerprint density at radius 3 is 2.54 bits per heavy atom. The number of benzene rings is 2. The van der Waals surface area contributed by atoms with Crippen LogP contribution in [0.4, 0.5) is 0 Å². The Hall–Kier alpha value is -3.36. The van der Waals surface area contributed by atoms with Crippen molar-refractivity contribution in [3.63, 3.8) is 0 Å². The lowest BCUT2D eigenvalue weighted by molar-refractivity contribution is -0.140. The SMILES string of the molecule is C[C@H](NC(=O)[C@@H]1C[C@@H](OCc2ccc(Cl)cc2)CN1C(=O)[C@@H](CCC1CCNCC1)NS(C)(=O)=O)C(=O)c1nc2ccccc2o1. The van der Waals surface area contributed by atoms with E-state index in [2.05, 4.69) is 20.3 Å². The molecule has 3 N–H and O–H groups in total. The highest BCUT2D eigenvalue weighted by molar-refractivity contribution is 7.88. The number of Topliss-reactive ketones (excluding diaryl/α,β-unsaturated/α-hetero) is 1. The number of nitrogens with zero attached hydrogens (tertiary/aromatic N) is 2. The molecule has 3 aromatic rings. The number of carbonyl (C=O) groups excluding carboxylic acids is 3. The number of hydrogen-bond acceptors (Lipinski definition) is 9. The summed E-state index contributed by atoms with van der Waals surface area (Å²) in [5, 5.41) is 6.63. The highest BCUT2D eigenvalue weighted by Crippen LogP contribution is 2.26. The molecule has 2 fully saturated rings. The first-order chi connectivity index (χ1) is 22.0. The van der Waals surface area contributed by atoms with E-state index in [1.54, 1.807) is 36.4 Å². The van der Waals surface area contributed by atoms with E-state index >= 15 is 0 Å². The van der Waals surface area contributed by atoms with Crippen LogP contribution in [-0.2, 0) is 31.0 Å². The summed E-state index contributed by atoms with van der Waals surface area (Å²) in [7, 11) is -3.74. The molecule has 248 valence electrons. The third kappa shape index (κ3) is 8.91. The van der Waals surface area contributed by atoms with Crippen molar-refractivity contribution in [2.24, 2.45) is 5.92 Å². The second kappa shape index (κ2) is 15.0. The first-order valence-corrected chi connectivity index (χ1v) is 17.8. The number of fused-ring (bicyclic) bond motifs is 1. The maximum absolute atomic E-state index is 14.1. The van der Waals surface area contributed by atoms with Gasteiger partial charge in [-0.25, -0.2) is 18.1 Å². The van der Waals surface area contributed by atoms with Crippen LogP contribution in [-0.4, -0.2) is 86.0 Å². The van der Waals surface area contributed by atoms with Crippen molar-refractivity contribution in [2.75, 3.05) is 25.9 Å². The summed E-state index contributed by atoms with van der Waals surface area (Å²) in [5.41, 5.74) is 1.84. The minimum atomic E-state index is -3.74. The molecule has 2 amide bonds. The second-order valence-electron chi connectivity index (χ2n) is 12.1. The largest absolute Gasteiger partial charge is 0.434 e. The summed E-state index contributed by atoms with van der Waals surface area (Å²) in [5.74, 6) is -1.35. The smallest absolute Gasteiger partial charge is 0.266 e. The number of sulfonamides is 1. The van der Waals surface area contributed by atoms with E-state index < -0.39 is 51.9 Å². The molecule has 5 rings (SSSR count). The van der Waals surface area contributed by atoms with Crippen molar-refractivity contribution in [1.29, 1.82) is 0 Å². The molecular weight excluding hydrogens is 634 g/mol. The second-order valence-corrected chi connectivity index (χ2v) is 14.3. The van der Waals surface area contributed by atoms with E-state index in [4.69, 9.17) is 20.8 Å². The Bertz CT molecular complexity index is 1610. The number of oxazole rings is 1. The van der Waals surface area contributed by atoms with Crippen molar-refractivity contribution >= 4 is 50.3 Å². The third-order valence-electron chi connectivity index (χ3n) is 8.48. The summed E-state index contributed by atoms with van der Waals surface area (Å²) >= 11 is 6.01. The monoisotopic (exact) mass is 673 g/mol. The van der Waals surface area contributed by atoms with Gasteiger partial charge in [0.15, 0.2) is 5.58 Å². The van der Waals surface area contributed by atoms with E-state index in [1.165, 1.54) is 11.8 Å². The summed E-state index contributed by atoms with van der Waals surface area (Å²) in [6, 6.07) is 11.1. The number of para-hydroxylation sites is 2. The predicted molar refractivity (Wildman–Crippen MR) is 173 cm³/mol. The Morgan fingerprint density at radius 1 is 1.13 bits per heavy atom. The highest BCUT2D eigenvalue weighted by Gasteiger charge is 2.43. The van der Waals surface area contributed by atoms with Crippen molar-refractivity contribution < 1.29 is 32.0 Å². The van der Waals surface area contributed by atoms with Gasteiger partial charge in [0.25, 0.3) is 5.89 Å². The maximum atomic E-state index is 14.1. The molecule has 0 bridgehead atoms. The summed E-state index contributed by atoms with van der Waals surface area (Å²) in [4.78, 5) is 46.6. The molecule has 0 saturated carbocycles. The van der Waals surface area contributed by atoms with Crippen LogP contribution in [0.3, 0.4) is 0 Å². The van der Waals surface area contributed by atoms with Gasteiger partial charge in [0.2, 0.25) is 27.6 Å². The van der Waals surface area contributed by atoms with Gasteiger partial charge in [0.05, 0.1) is 25.0 Å². The molecule has 46 heavy (non-hydrogen) atoms. The molecule has 12 nitrogen and oxygen atoms in total. The Balaban J connectivity index is 1.32. The van der Waals surface area contributed by atoms with Crippen LogP contribution >= 0.6 is 11.6 Å². The summed E-state index contributed by atoms with van der Waals surface area (Å²) in [6.45, 7) is 3.59. The average molecular weight is 674 g/mol. The molecule has 0 spiro atoms. The number of halogens is 1. The number of ketones is 1. The third-order valence-corrected chi connectivity index (χ3v) is 9.45. The van der Waals surface area contributed by atoms with Gasteiger partial charge in [0, 0.05) is 18.0 Å². The normalized spacial score (nSPS) is 20.5. The number of rotatable bonds is 13. The average Bonchev–Trinajstić information content (AvgIpc) is 3.67. The van der Waals surface area contributed by atoms with E-state index in [0.717, 1.165) is 37.8 Å². The summed E-state index contributed by atoms with van der Waals surface area (Å²) in [6.07, 6.45) is 3.52. The highest BCUT2D eigenvalue weighted by atomic mass is 35.5. The van der Waals surface area contributed by atoms with Crippen LogP contribution in [0.25, 0.3) is 11.1 Å². The number of nitrogens with one attached hydrogen (secondary N) is 3. The van der Waals surface area contributed by atoms with E-state index in [-0.39, 0.29) is 25.5 Å². The van der Waals surface area contributed by atoms with Gasteiger partial charge in [-0.1, -0.05) is 35.9 Å². The lowest BCUT2D eigenvalue weighted by atomic mass is 9.91. The molecule has 4 atom stereocenters. The van der Waals surface area contributed by atoms with Crippen LogP contribution in [0.5, 0.6) is 0 Å². The van der Waals surface area contributed by atoms with Crippen molar-refractivity contribution in [1.82, 2.24) is 25.2 Å². The van der Waals surface area contributed by atoms with Crippen molar-refractivity contribution in [3.8, 4) is 0 Å². The molecule has 2 saturated heterocycles. The number of likely N-dealkylation sites (tertiary alicyclic amines) is 1. The summed E-state index contributed by atoms with van der Waals surface area (Å²) < 4.78 is 38.9. The van der Waals surface area contributed by atoms with Crippen LogP contribution in [0.1, 0.15) is 55.3 Å². The van der Waals surface area contributed by atoms with Gasteiger partial charge >= 0.3 is 0 Å². The van der Waals surface area contributed by atoms with Gasteiger partial charge in [0.1, 0.15) is 17.6 Å². The lowest BCUT2D eigenvalue weighted by Gasteiger charge is -2.30. The molecule has 1 aromatic heterocycles. The fraction of sp³-hybridized carbons (Fsp3) is 0.500. The zero-order valence-electron chi connectivity index (χ0n) is 25.9. The van der Waals surface area contributed by atoms with Gasteiger partial charge in [-0.05, 0) is 81.4 Å². The Morgan fingerprint density at radius 2 is 1.85 bits per heavy atom. The lowest BCUT2D eigenvalue weighted by Crippen LogP contribution is -2.55. The standard InChI is InChI=1S/C32H40ClN5O7S/c1-20(29(39)31-36-25-5-3-4-6-28(25)45-31)35-30(40)27-17-24(44-19-22-7-10-23(33)11-8-22)18-38(27)32(41)26(37-46(2,42)43)12-9-21-13-15-34-16-14-21/h3-8,10-11,20-21,24,26-27,34,37H,9,12-19H2,1-2H3,(H,35,40)/t20-,24+,26+,27-/m0/s1. The zero-order chi connectivity index (χ0) is 32.8. The number of aromatic nitrogens is 1. The number of hydrogen-bond donors (Lipinski definition) is 3. The topological polar surface area (TPSA) is 160 Å². The van der Waals surface area contributed by atoms with Gasteiger partial charge in [-0.3, -0.25) is 14.4 Å². The number of ether oxygens (including phenoxy) is 1. The molecule has 3 heterocycles. The van der Waals surface area contributed by atoms with Crippen LogP contribution < -0.4 is 15.4 Å². The van der Waals surface area contributed by atoms with Crippen molar-refractivity contribution in [2.45, 2.75) is 69.9 Å². The maximum Gasteiger partial charge on any atom is 0.266 e. The Labute approximate surface area is 273 Å². The van der Waals surface area contributed by atoms with Gasteiger partial charge in [-0.2, -0.15) is 0 Å². The zero-order valence-corrected chi connectivity index (χ0v) is 27.5. The van der Waals surface area contributed by atoms with Gasteiger partial charge < -0.3 is 24.7 Å². The number of amides is 2.